The van der Waals surface area contributed by atoms with E-state index in [0.29, 0.717) is 5.56 Å². The van der Waals surface area contributed by atoms with Gasteiger partial charge in [-0.3, -0.25) is 0 Å². The first-order valence-corrected chi connectivity index (χ1v) is 10.9. The summed E-state index contributed by atoms with van der Waals surface area (Å²) in [6.07, 6.45) is -4.25. The van der Waals surface area contributed by atoms with Gasteiger partial charge in [0.15, 0.2) is 12.4 Å². The lowest BCUT2D eigenvalue weighted by Gasteiger charge is -2.29. The second-order valence-corrected chi connectivity index (χ2v) is 7.46. The molecule has 1 N–H and O–H groups in total. The molecule has 182 valence electrons. The zero-order valence-electron chi connectivity index (χ0n) is 19.1. The molecular weight excluding hydrogens is 452 g/mol. The normalized spacial score (nSPS) is 13.2. The first-order chi connectivity index (χ1) is 17.0. The Hall–Kier alpha value is -4.01. The van der Waals surface area contributed by atoms with Crippen LogP contribution in [0.2, 0.25) is 0 Å². The third-order valence-electron chi connectivity index (χ3n) is 5.05. The summed E-state index contributed by atoms with van der Waals surface area (Å²) >= 11 is 0. The van der Waals surface area contributed by atoms with Crippen LogP contribution in [-0.2, 0) is 18.9 Å². The Kier molecular flexibility index (Phi) is 9.53. The van der Waals surface area contributed by atoms with Gasteiger partial charge >= 0.3 is 17.9 Å². The monoisotopic (exact) mass is 478 g/mol. The van der Waals surface area contributed by atoms with E-state index in [2.05, 4.69) is 0 Å². The summed E-state index contributed by atoms with van der Waals surface area (Å²) in [5.41, 5.74) is 0.859. The number of hydrogen-bond donors (Lipinski definition) is 1. The van der Waals surface area contributed by atoms with Gasteiger partial charge in [0.2, 0.25) is 0 Å². The number of aliphatic hydroxyl groups excluding tert-OH is 1. The smallest absolute Gasteiger partial charge is 0.338 e. The molecule has 0 fully saturated rings. The topological polar surface area (TPSA) is 108 Å². The van der Waals surface area contributed by atoms with Crippen LogP contribution in [0.25, 0.3) is 0 Å². The average molecular weight is 478 g/mol. The van der Waals surface area contributed by atoms with Gasteiger partial charge in [0.05, 0.1) is 23.3 Å². The fourth-order valence-electron chi connectivity index (χ4n) is 3.21. The standard InChI is InChI=1S/C27H26O8/c1-32-27(31)23(35-26(30)21-15-9-4-10-16-21)22(34-25(29)20-13-7-3-8-14-20)17-18-33-24(28)19-11-5-2-6-12-19/h2-16,22-23,27,31H,17-18H2,1H3. The summed E-state index contributed by atoms with van der Waals surface area (Å²) in [5, 5.41) is 10.5. The van der Waals surface area contributed by atoms with Crippen LogP contribution >= 0.6 is 0 Å². The molecule has 0 aliphatic rings. The third kappa shape index (κ3) is 7.49. The number of carbonyl (C=O) groups excluding carboxylic acids is 3. The van der Waals surface area contributed by atoms with Crippen LogP contribution in [0.1, 0.15) is 37.5 Å². The van der Waals surface area contributed by atoms with E-state index in [4.69, 9.17) is 18.9 Å². The highest BCUT2D eigenvalue weighted by Gasteiger charge is 2.36. The summed E-state index contributed by atoms with van der Waals surface area (Å²) in [5.74, 6) is -2.01. The number of aliphatic hydroxyl groups is 1. The van der Waals surface area contributed by atoms with Crippen molar-refractivity contribution in [2.45, 2.75) is 24.9 Å². The summed E-state index contributed by atoms with van der Waals surface area (Å²) in [6.45, 7) is -0.170. The summed E-state index contributed by atoms with van der Waals surface area (Å²) in [6, 6.07) is 24.8. The molecule has 3 atom stereocenters. The van der Waals surface area contributed by atoms with E-state index < -0.39 is 36.4 Å². The molecule has 0 radical (unpaired) electrons. The SMILES string of the molecule is COC(O)C(OC(=O)c1ccccc1)C(CCOC(=O)c1ccccc1)OC(=O)c1ccccc1. The summed E-state index contributed by atoms with van der Waals surface area (Å²) < 4.78 is 21.4. The van der Waals surface area contributed by atoms with Gasteiger partial charge in [0.1, 0.15) is 6.10 Å². The number of methoxy groups -OCH3 is 1. The maximum Gasteiger partial charge on any atom is 0.338 e. The molecular formula is C27H26O8. The number of carbonyl (C=O) groups is 3. The highest BCUT2D eigenvalue weighted by Crippen LogP contribution is 2.19. The molecule has 8 nitrogen and oxygen atoms in total. The fraction of sp³-hybridized carbons (Fsp3) is 0.222. The number of hydrogen-bond acceptors (Lipinski definition) is 8. The zero-order chi connectivity index (χ0) is 25.0. The molecule has 35 heavy (non-hydrogen) atoms. The fourth-order valence-corrected chi connectivity index (χ4v) is 3.21. The van der Waals surface area contributed by atoms with E-state index >= 15 is 0 Å². The van der Waals surface area contributed by atoms with Gasteiger partial charge in [0.25, 0.3) is 0 Å². The molecule has 0 amide bonds. The van der Waals surface area contributed by atoms with Crippen molar-refractivity contribution in [3.05, 3.63) is 108 Å². The second-order valence-electron chi connectivity index (χ2n) is 7.46. The van der Waals surface area contributed by atoms with Crippen LogP contribution in [0.4, 0.5) is 0 Å². The molecule has 0 spiro atoms. The van der Waals surface area contributed by atoms with Crippen molar-refractivity contribution < 1.29 is 38.4 Å². The molecule has 8 heteroatoms. The number of esters is 3. The van der Waals surface area contributed by atoms with E-state index in [9.17, 15) is 19.5 Å². The van der Waals surface area contributed by atoms with E-state index in [1.807, 2.05) is 0 Å². The Morgan fingerprint density at radius 3 is 1.57 bits per heavy atom. The number of benzene rings is 3. The lowest BCUT2D eigenvalue weighted by atomic mass is 10.1. The molecule has 3 aromatic rings. The van der Waals surface area contributed by atoms with Crippen molar-refractivity contribution >= 4 is 17.9 Å². The highest BCUT2D eigenvalue weighted by molar-refractivity contribution is 5.90. The average Bonchev–Trinajstić information content (AvgIpc) is 2.92. The molecule has 0 heterocycles. The minimum atomic E-state index is -1.61. The molecule has 0 aromatic heterocycles. The van der Waals surface area contributed by atoms with Crippen molar-refractivity contribution in [1.29, 1.82) is 0 Å². The maximum atomic E-state index is 12.8. The van der Waals surface area contributed by atoms with Crippen LogP contribution < -0.4 is 0 Å². The lowest BCUT2D eigenvalue weighted by molar-refractivity contribution is -0.178. The van der Waals surface area contributed by atoms with Gasteiger partial charge in [-0.15, -0.1) is 0 Å². The minimum Gasteiger partial charge on any atom is -0.462 e. The Morgan fingerprint density at radius 1 is 0.686 bits per heavy atom. The Labute approximate surface area is 203 Å². The van der Waals surface area contributed by atoms with Gasteiger partial charge in [-0.05, 0) is 36.4 Å². The van der Waals surface area contributed by atoms with Crippen molar-refractivity contribution in [2.75, 3.05) is 13.7 Å². The van der Waals surface area contributed by atoms with Crippen LogP contribution in [0.5, 0.6) is 0 Å². The van der Waals surface area contributed by atoms with Crippen molar-refractivity contribution in [3.63, 3.8) is 0 Å². The third-order valence-corrected chi connectivity index (χ3v) is 5.05. The minimum absolute atomic E-state index is 0.0652. The molecule has 3 aromatic carbocycles. The molecule has 0 bridgehead atoms. The zero-order valence-corrected chi connectivity index (χ0v) is 19.1. The van der Waals surface area contributed by atoms with E-state index in [1.165, 1.54) is 7.11 Å². The van der Waals surface area contributed by atoms with Crippen molar-refractivity contribution in [2.24, 2.45) is 0 Å². The molecule has 3 rings (SSSR count). The molecule has 0 aliphatic carbocycles. The first kappa shape index (κ1) is 25.6. The Bertz CT molecular complexity index is 1090. The predicted octanol–water partition coefficient (Wildman–Crippen LogP) is 3.65. The van der Waals surface area contributed by atoms with Crippen molar-refractivity contribution in [1.82, 2.24) is 0 Å². The van der Waals surface area contributed by atoms with Crippen LogP contribution in [0.3, 0.4) is 0 Å². The van der Waals surface area contributed by atoms with E-state index in [1.54, 1.807) is 91.0 Å². The van der Waals surface area contributed by atoms with Crippen molar-refractivity contribution in [3.8, 4) is 0 Å². The van der Waals surface area contributed by atoms with Crippen LogP contribution in [0, 0.1) is 0 Å². The summed E-state index contributed by atoms with van der Waals surface area (Å²) in [4.78, 5) is 37.7. The molecule has 0 saturated heterocycles. The van der Waals surface area contributed by atoms with E-state index in [-0.39, 0.29) is 24.2 Å². The quantitative estimate of drug-likeness (QED) is 0.253. The maximum absolute atomic E-state index is 12.8. The predicted molar refractivity (Wildman–Crippen MR) is 126 cm³/mol. The lowest BCUT2D eigenvalue weighted by Crippen LogP contribution is -2.45. The Morgan fingerprint density at radius 2 is 1.11 bits per heavy atom. The summed E-state index contributed by atoms with van der Waals surface area (Å²) in [7, 11) is 1.22. The largest absolute Gasteiger partial charge is 0.462 e. The van der Waals surface area contributed by atoms with E-state index in [0.717, 1.165) is 0 Å². The number of rotatable bonds is 11. The molecule has 3 unspecified atom stereocenters. The second kappa shape index (κ2) is 13.0. The van der Waals surface area contributed by atoms with Gasteiger partial charge < -0.3 is 24.1 Å². The van der Waals surface area contributed by atoms with Crippen LogP contribution in [0.15, 0.2) is 91.0 Å². The highest BCUT2D eigenvalue weighted by atomic mass is 16.7. The molecule has 0 aliphatic heterocycles. The van der Waals surface area contributed by atoms with Crippen LogP contribution in [-0.4, -0.2) is 55.2 Å². The Balaban J connectivity index is 1.77. The van der Waals surface area contributed by atoms with Gasteiger partial charge in [0, 0.05) is 13.5 Å². The van der Waals surface area contributed by atoms with Gasteiger partial charge in [-0.25, -0.2) is 14.4 Å². The number of ether oxygens (including phenoxy) is 4. The van der Waals surface area contributed by atoms with Gasteiger partial charge in [-0.2, -0.15) is 0 Å². The first-order valence-electron chi connectivity index (χ1n) is 10.9. The van der Waals surface area contributed by atoms with Gasteiger partial charge in [-0.1, -0.05) is 54.6 Å². The molecule has 0 saturated carbocycles.